The lowest BCUT2D eigenvalue weighted by Crippen LogP contribution is -2.05. The molecule has 0 saturated heterocycles. The van der Waals surface area contributed by atoms with Gasteiger partial charge in [0.1, 0.15) is 11.6 Å². The van der Waals surface area contributed by atoms with Crippen molar-refractivity contribution in [3.8, 4) is 0 Å². The molecular weight excluding hydrogens is 561 g/mol. The summed E-state index contributed by atoms with van der Waals surface area (Å²) in [6.07, 6.45) is -4.11. The average molecular weight is 602 g/mol. The molecule has 40 heavy (non-hydrogen) atoms. The van der Waals surface area contributed by atoms with E-state index in [1.54, 1.807) is 0 Å². The first-order valence-electron chi connectivity index (χ1n) is 17.8. The Morgan fingerprint density at radius 2 is 1.30 bits per heavy atom. The highest BCUT2D eigenvalue weighted by Crippen LogP contribution is 2.31. The van der Waals surface area contributed by atoms with Crippen molar-refractivity contribution in [1.29, 1.82) is 0 Å². The number of para-hydroxylation sites is 2. The monoisotopic (exact) mass is 600 g/mol. The van der Waals surface area contributed by atoms with Crippen LogP contribution in [0.5, 0.6) is 0 Å². The zero-order chi connectivity index (χ0) is 41.4. The summed E-state index contributed by atoms with van der Waals surface area (Å²) < 4.78 is 137. The lowest BCUT2D eigenvalue weighted by Gasteiger charge is -2.13. The molecule has 0 amide bonds. The number of aliphatic carboxylic acids is 2. The molecule has 0 unspecified atom stereocenters. The van der Waals surface area contributed by atoms with Crippen LogP contribution < -0.4 is 10.6 Å². The third-order valence-electron chi connectivity index (χ3n) is 4.69. The number of benzene rings is 4. The van der Waals surface area contributed by atoms with Crippen LogP contribution in [-0.4, -0.2) is 22.2 Å². The van der Waals surface area contributed by atoms with Gasteiger partial charge in [-0.3, -0.25) is 9.59 Å². The Labute approximate surface area is 259 Å². The summed E-state index contributed by atoms with van der Waals surface area (Å²) in [5.74, 6) is -5.16. The van der Waals surface area contributed by atoms with Gasteiger partial charge in [0, 0.05) is 22.3 Å². The molecule has 0 aliphatic heterocycles. The van der Waals surface area contributed by atoms with E-state index in [-0.39, 0.29) is 27.0 Å². The molecule has 0 saturated carbocycles. The topological polar surface area (TPSA) is 98.7 Å². The molecule has 0 atom stereocenters. The second-order valence-electron chi connectivity index (χ2n) is 7.55. The standard InChI is InChI=1S/2C15H13ClFNO2/c2*1-9-5-6-13(10(7-9)8-14(19)20)18-15-11(16)3-2-4-12(15)17/h2*2-7,18H,8H2,1H3,(H,19,20)/i1D3,5D,6D,7D,8D2;1D3,5D,6D,7D. The molecule has 4 rings (SSSR count). The number of carbonyl (C=O) groups is 2. The normalized spacial score (nSPS) is 16.4. The number of carboxylic acid groups (broad SMARTS) is 2. The third kappa shape index (κ3) is 8.43. The predicted octanol–water partition coefficient (Wildman–Crippen LogP) is 8.32. The number of rotatable bonds is 8. The number of nitrogens with one attached hydrogen (secondary N) is 2. The van der Waals surface area contributed by atoms with E-state index in [1.165, 1.54) is 24.3 Å². The highest BCUT2D eigenvalue weighted by molar-refractivity contribution is 6.33. The summed E-state index contributed by atoms with van der Waals surface area (Å²) in [5.41, 5.74) is -4.87. The summed E-state index contributed by atoms with van der Waals surface area (Å²) in [5, 5.41) is 22.8. The van der Waals surface area contributed by atoms with Crippen molar-refractivity contribution in [1.82, 2.24) is 0 Å². The summed E-state index contributed by atoms with van der Waals surface area (Å²) in [6, 6.07) is 2.21. The third-order valence-corrected chi connectivity index (χ3v) is 5.32. The minimum absolute atomic E-state index is 0.0661. The van der Waals surface area contributed by atoms with Gasteiger partial charge in [-0.2, -0.15) is 0 Å². The maximum Gasteiger partial charge on any atom is 0.307 e. The van der Waals surface area contributed by atoms with Crippen molar-refractivity contribution in [3.63, 3.8) is 0 Å². The number of hydrogen-bond acceptors (Lipinski definition) is 4. The summed E-state index contributed by atoms with van der Waals surface area (Å²) in [6.45, 7) is -5.97. The van der Waals surface area contributed by atoms with E-state index < -0.39 is 114 Å². The van der Waals surface area contributed by atoms with Gasteiger partial charge in [-0.05, 0) is 61.2 Å². The van der Waals surface area contributed by atoms with E-state index in [2.05, 4.69) is 10.6 Å². The molecule has 0 bridgehead atoms. The SMILES string of the molecule is [2H]c1c([2H])c(C([2H])([2H])[2H])c([2H])c(C([2H])([2H])C(=O)O)c1Nc1c(F)cccc1Cl.[2H]c1c([2H])c(C([2H])([2H])[2H])c([2H])c(CC(=O)O)c1Nc1c(F)cccc1Cl. The van der Waals surface area contributed by atoms with Crippen LogP contribution >= 0.6 is 23.2 Å². The van der Waals surface area contributed by atoms with Gasteiger partial charge in [-0.1, -0.05) is 70.6 Å². The molecule has 0 aromatic heterocycles. The van der Waals surface area contributed by atoms with Gasteiger partial charge < -0.3 is 20.8 Å². The molecule has 0 aliphatic rings. The Hall–Kier alpha value is -4.14. The number of hydrogen-bond donors (Lipinski definition) is 4. The fourth-order valence-corrected chi connectivity index (χ4v) is 3.44. The molecule has 0 radical (unpaired) electrons. The zero-order valence-electron chi connectivity index (χ0n) is 33.9. The highest BCUT2D eigenvalue weighted by Gasteiger charge is 2.13. The van der Waals surface area contributed by atoms with Crippen LogP contribution in [0, 0.1) is 25.3 Å². The summed E-state index contributed by atoms with van der Waals surface area (Å²) in [7, 11) is 0. The molecule has 0 heterocycles. The Morgan fingerprint density at radius 1 is 0.825 bits per heavy atom. The van der Waals surface area contributed by atoms with Crippen LogP contribution in [0.15, 0.2) is 72.7 Å². The van der Waals surface area contributed by atoms with Crippen molar-refractivity contribution in [2.75, 3.05) is 10.6 Å². The molecule has 0 spiro atoms. The quantitative estimate of drug-likeness (QED) is 0.162. The minimum Gasteiger partial charge on any atom is -0.481 e. The van der Waals surface area contributed by atoms with Gasteiger partial charge in [0.15, 0.2) is 0 Å². The lowest BCUT2D eigenvalue weighted by atomic mass is 10.1. The van der Waals surface area contributed by atoms with E-state index in [0.29, 0.717) is 0 Å². The van der Waals surface area contributed by atoms with Gasteiger partial charge in [-0.25, -0.2) is 8.78 Å². The van der Waals surface area contributed by atoms with Crippen LogP contribution in [0.25, 0.3) is 0 Å². The van der Waals surface area contributed by atoms with Crippen molar-refractivity contribution in [2.24, 2.45) is 0 Å². The molecule has 4 aromatic rings. The first kappa shape index (κ1) is 16.2. The minimum atomic E-state index is -3.32. The second kappa shape index (κ2) is 13.8. The number of carboxylic acids is 2. The van der Waals surface area contributed by atoms with E-state index in [9.17, 15) is 23.5 Å². The maximum atomic E-state index is 14.1. The second-order valence-corrected chi connectivity index (χ2v) is 8.36. The van der Waals surface area contributed by atoms with Crippen molar-refractivity contribution in [3.05, 3.63) is 117 Å². The first-order valence-corrected chi connectivity index (χ1v) is 11.6. The fourth-order valence-electron chi connectivity index (χ4n) is 3.02. The van der Waals surface area contributed by atoms with E-state index in [0.717, 1.165) is 12.1 Å². The Balaban J connectivity index is 0.000000291. The molecule has 0 aliphatic carbocycles. The molecular formula is C30H26Cl2F2N2O4. The molecule has 4 N–H and O–H groups in total. The van der Waals surface area contributed by atoms with Crippen LogP contribution in [0.2, 0.25) is 10.0 Å². The largest absolute Gasteiger partial charge is 0.481 e. The first-order chi connectivity index (χ1) is 24.7. The van der Waals surface area contributed by atoms with Crippen molar-refractivity contribution in [2.45, 2.75) is 26.5 Å². The Bertz CT molecular complexity index is 2110. The van der Waals surface area contributed by atoms with Gasteiger partial charge in [0.05, 0.1) is 42.4 Å². The van der Waals surface area contributed by atoms with Gasteiger partial charge in [-0.15, -0.1) is 0 Å². The molecule has 0 fully saturated rings. The summed E-state index contributed by atoms with van der Waals surface area (Å²) >= 11 is 11.8. The van der Waals surface area contributed by atoms with Crippen LogP contribution in [0.1, 0.15) is 41.4 Å². The van der Waals surface area contributed by atoms with Crippen molar-refractivity contribution >= 4 is 57.9 Å². The average Bonchev–Trinajstić information content (AvgIpc) is 3.02. The van der Waals surface area contributed by atoms with Crippen LogP contribution in [0.3, 0.4) is 0 Å². The zero-order valence-corrected chi connectivity index (χ0v) is 21.4. The van der Waals surface area contributed by atoms with Crippen molar-refractivity contribution < 1.29 is 47.8 Å². The maximum absolute atomic E-state index is 14.1. The predicted molar refractivity (Wildman–Crippen MR) is 154 cm³/mol. The highest BCUT2D eigenvalue weighted by atomic mass is 35.5. The van der Waals surface area contributed by atoms with E-state index in [1.807, 2.05) is 0 Å². The Morgan fingerprint density at radius 3 is 1.73 bits per heavy atom. The number of halogens is 4. The molecule has 208 valence electrons. The van der Waals surface area contributed by atoms with Crippen LogP contribution in [-0.2, 0) is 22.4 Å². The van der Waals surface area contributed by atoms with E-state index >= 15 is 0 Å². The fraction of sp³-hybridized carbons (Fsp3) is 0.133. The molecule has 10 heteroatoms. The van der Waals surface area contributed by atoms with Gasteiger partial charge in [0.25, 0.3) is 0 Å². The molecule has 6 nitrogen and oxygen atoms in total. The summed E-state index contributed by atoms with van der Waals surface area (Å²) in [4.78, 5) is 22.6. The number of anilines is 4. The lowest BCUT2D eigenvalue weighted by molar-refractivity contribution is -0.137. The van der Waals surface area contributed by atoms with E-state index in [4.69, 9.17) is 47.5 Å². The molecule has 4 aromatic carbocycles. The van der Waals surface area contributed by atoms with Gasteiger partial charge >= 0.3 is 11.9 Å². The Kier molecular flexibility index (Phi) is 5.58. The smallest absolute Gasteiger partial charge is 0.307 e. The van der Waals surface area contributed by atoms with Gasteiger partial charge in [0.2, 0.25) is 0 Å². The van der Waals surface area contributed by atoms with Crippen LogP contribution in [0.4, 0.5) is 31.5 Å².